The lowest BCUT2D eigenvalue weighted by molar-refractivity contribution is -0.143. The highest BCUT2D eigenvalue weighted by atomic mass is 32.2. The zero-order chi connectivity index (χ0) is 21.6. The fourth-order valence-corrected chi connectivity index (χ4v) is 3.73. The predicted molar refractivity (Wildman–Crippen MR) is 111 cm³/mol. The van der Waals surface area contributed by atoms with Gasteiger partial charge >= 0.3 is 5.97 Å². The van der Waals surface area contributed by atoms with Gasteiger partial charge in [0.15, 0.2) is 0 Å². The second-order valence-electron chi connectivity index (χ2n) is 5.99. The van der Waals surface area contributed by atoms with Gasteiger partial charge in [-0.05, 0) is 23.8 Å². The monoisotopic (exact) mass is 437 g/mol. The second-order valence-corrected chi connectivity index (χ2v) is 7.66. The fourth-order valence-electron chi connectivity index (χ4n) is 2.43. The Morgan fingerprint density at radius 1 is 1.34 bits per heavy atom. The van der Waals surface area contributed by atoms with Crippen LogP contribution in [0.5, 0.6) is 5.75 Å². The maximum Gasteiger partial charge on any atom is 0.326 e. The van der Waals surface area contributed by atoms with E-state index in [4.69, 9.17) is 27.8 Å². The Morgan fingerprint density at radius 2 is 2.00 bits per heavy atom. The van der Waals surface area contributed by atoms with E-state index in [2.05, 4.69) is 5.32 Å². The van der Waals surface area contributed by atoms with Crippen LogP contribution in [-0.2, 0) is 19.2 Å². The van der Waals surface area contributed by atoms with E-state index >= 15 is 0 Å². The zero-order valence-electron chi connectivity index (χ0n) is 15.4. The number of carboxylic acids is 1. The number of ether oxygens (including phenoxy) is 1. The van der Waals surface area contributed by atoms with Crippen molar-refractivity contribution < 1.29 is 29.0 Å². The Balaban J connectivity index is 1.97. The van der Waals surface area contributed by atoms with Crippen molar-refractivity contribution in [2.75, 3.05) is 13.7 Å². The van der Waals surface area contributed by atoms with Crippen molar-refractivity contribution in [3.63, 3.8) is 0 Å². The van der Waals surface area contributed by atoms with Crippen molar-refractivity contribution >= 4 is 58.1 Å². The minimum absolute atomic E-state index is 0.0145. The molecule has 1 atom stereocenters. The lowest BCUT2D eigenvalue weighted by Crippen LogP contribution is -2.44. The molecule has 1 saturated heterocycles. The average Bonchev–Trinajstić information content (AvgIpc) is 2.92. The van der Waals surface area contributed by atoms with Gasteiger partial charge in [0.1, 0.15) is 16.1 Å². The van der Waals surface area contributed by atoms with Crippen molar-refractivity contribution in [3.8, 4) is 5.75 Å². The third-order valence-electron chi connectivity index (χ3n) is 3.89. The molecule has 1 aromatic carbocycles. The number of nitrogens with two attached hydrogens (primary N) is 1. The number of nitrogens with one attached hydrogen (secondary N) is 1. The highest BCUT2D eigenvalue weighted by molar-refractivity contribution is 8.26. The van der Waals surface area contributed by atoms with Gasteiger partial charge in [-0.2, -0.15) is 0 Å². The van der Waals surface area contributed by atoms with E-state index in [9.17, 15) is 19.2 Å². The highest BCUT2D eigenvalue weighted by Gasteiger charge is 2.32. The molecular weight excluding hydrogens is 418 g/mol. The van der Waals surface area contributed by atoms with Gasteiger partial charge in [0, 0.05) is 13.0 Å². The molecule has 4 N–H and O–H groups in total. The predicted octanol–water partition coefficient (Wildman–Crippen LogP) is 0.731. The number of hydrogen-bond donors (Lipinski definition) is 3. The van der Waals surface area contributed by atoms with Crippen LogP contribution in [0.2, 0.25) is 0 Å². The number of primary amides is 1. The molecule has 1 aliphatic rings. The summed E-state index contributed by atoms with van der Waals surface area (Å²) >= 11 is 6.33. The van der Waals surface area contributed by atoms with Crippen LogP contribution in [0.1, 0.15) is 18.4 Å². The highest BCUT2D eigenvalue weighted by Crippen LogP contribution is 2.32. The van der Waals surface area contributed by atoms with Crippen LogP contribution in [0.4, 0.5) is 0 Å². The molecule has 0 aromatic heterocycles. The summed E-state index contributed by atoms with van der Waals surface area (Å²) in [6, 6.07) is 5.71. The minimum atomic E-state index is -1.42. The summed E-state index contributed by atoms with van der Waals surface area (Å²) in [4.78, 5) is 48.2. The molecule has 1 aromatic rings. The molecule has 0 unspecified atom stereocenters. The van der Waals surface area contributed by atoms with Crippen molar-refractivity contribution in [2.24, 2.45) is 5.73 Å². The van der Waals surface area contributed by atoms with Gasteiger partial charge in [-0.3, -0.25) is 19.3 Å². The van der Waals surface area contributed by atoms with Crippen LogP contribution in [-0.4, -0.2) is 57.7 Å². The van der Waals surface area contributed by atoms with Gasteiger partial charge in [-0.1, -0.05) is 36.1 Å². The first-order valence-electron chi connectivity index (χ1n) is 8.41. The molecule has 2 rings (SSSR count). The Hall–Kier alpha value is -2.92. The van der Waals surface area contributed by atoms with Gasteiger partial charge < -0.3 is 20.9 Å². The van der Waals surface area contributed by atoms with Gasteiger partial charge in [0.2, 0.25) is 11.8 Å². The summed E-state index contributed by atoms with van der Waals surface area (Å²) in [6.07, 6.45) is 0.990. The van der Waals surface area contributed by atoms with E-state index < -0.39 is 30.2 Å². The van der Waals surface area contributed by atoms with Crippen molar-refractivity contribution in [3.05, 3.63) is 34.7 Å². The Bertz CT molecular complexity index is 869. The van der Waals surface area contributed by atoms with Crippen molar-refractivity contribution in [1.82, 2.24) is 10.2 Å². The van der Waals surface area contributed by atoms with E-state index in [-0.39, 0.29) is 18.9 Å². The van der Waals surface area contributed by atoms with Gasteiger partial charge in [-0.25, -0.2) is 4.79 Å². The molecule has 0 radical (unpaired) electrons. The van der Waals surface area contributed by atoms with Crippen LogP contribution in [0.15, 0.2) is 29.2 Å². The molecule has 1 aliphatic heterocycles. The third-order valence-corrected chi connectivity index (χ3v) is 5.27. The average molecular weight is 437 g/mol. The number of aliphatic carboxylic acids is 1. The van der Waals surface area contributed by atoms with E-state index in [0.717, 1.165) is 17.3 Å². The van der Waals surface area contributed by atoms with E-state index in [1.165, 1.54) is 4.90 Å². The first kappa shape index (κ1) is 22.4. The summed E-state index contributed by atoms with van der Waals surface area (Å²) in [6.45, 7) is -0.0145. The summed E-state index contributed by atoms with van der Waals surface area (Å²) in [5, 5.41) is 11.2. The number of carbonyl (C=O) groups excluding carboxylic acids is 3. The number of carbonyl (C=O) groups is 4. The number of nitrogens with zero attached hydrogens (tertiary/aromatic N) is 1. The minimum Gasteiger partial charge on any atom is -0.497 e. The lowest BCUT2D eigenvalue weighted by Gasteiger charge is -2.16. The molecule has 0 spiro atoms. The van der Waals surface area contributed by atoms with E-state index in [0.29, 0.717) is 15.0 Å². The maximum atomic E-state index is 12.6. The first-order valence-corrected chi connectivity index (χ1v) is 9.63. The molecule has 9 nitrogen and oxygen atoms in total. The largest absolute Gasteiger partial charge is 0.497 e. The number of rotatable bonds is 9. The van der Waals surface area contributed by atoms with Crippen molar-refractivity contribution in [2.45, 2.75) is 18.9 Å². The Kier molecular flexibility index (Phi) is 7.74. The second kappa shape index (κ2) is 10.0. The molecule has 0 saturated carbocycles. The zero-order valence-corrected chi connectivity index (χ0v) is 17.0. The van der Waals surface area contributed by atoms with Crippen molar-refractivity contribution in [1.29, 1.82) is 0 Å². The normalized spacial score (nSPS) is 16.0. The number of amides is 3. The number of thiocarbonyl (C=S) groups is 1. The van der Waals surface area contributed by atoms with Crippen LogP contribution in [0.25, 0.3) is 6.08 Å². The molecule has 1 fully saturated rings. The topological polar surface area (TPSA) is 139 Å². The summed E-state index contributed by atoms with van der Waals surface area (Å²) in [7, 11) is 1.56. The van der Waals surface area contributed by atoms with Gasteiger partial charge in [0.25, 0.3) is 5.91 Å². The number of hydrogen-bond acceptors (Lipinski definition) is 7. The number of methoxy groups -OCH3 is 1. The summed E-state index contributed by atoms with van der Waals surface area (Å²) in [5.74, 6) is -2.50. The third kappa shape index (κ3) is 6.29. The van der Waals surface area contributed by atoms with E-state index in [1.807, 2.05) is 0 Å². The fraction of sp³-hybridized carbons (Fsp3) is 0.278. The maximum absolute atomic E-state index is 12.6. The standard InChI is InChI=1S/C18H19N3O6S2/c1-27-11-4-2-10(3-5-11)8-13-16(24)21(18(28)29-13)7-6-15(23)20-12(17(25)26)9-14(19)22/h2-5,8,12H,6-7,9H2,1H3,(H2,19,22)(H,20,23)(H,25,26)/b13-8+/t12-/m1/s1. The molecular formula is C18H19N3O6S2. The lowest BCUT2D eigenvalue weighted by atomic mass is 10.2. The Morgan fingerprint density at radius 3 is 2.55 bits per heavy atom. The summed E-state index contributed by atoms with van der Waals surface area (Å²) in [5.41, 5.74) is 5.76. The van der Waals surface area contributed by atoms with E-state index in [1.54, 1.807) is 37.5 Å². The molecule has 29 heavy (non-hydrogen) atoms. The molecule has 3 amide bonds. The van der Waals surface area contributed by atoms with Crippen LogP contribution in [0.3, 0.4) is 0 Å². The summed E-state index contributed by atoms with van der Waals surface area (Å²) < 4.78 is 5.39. The number of thioether (sulfide) groups is 1. The molecule has 0 bridgehead atoms. The number of benzene rings is 1. The van der Waals surface area contributed by atoms with Gasteiger partial charge in [-0.15, -0.1) is 0 Å². The molecule has 154 valence electrons. The first-order chi connectivity index (χ1) is 13.7. The number of carboxylic acid groups (broad SMARTS) is 1. The quantitative estimate of drug-likeness (QED) is 0.380. The molecule has 0 aliphatic carbocycles. The van der Waals surface area contributed by atoms with Gasteiger partial charge in [0.05, 0.1) is 18.4 Å². The molecule has 1 heterocycles. The van der Waals surface area contributed by atoms with Crippen LogP contribution < -0.4 is 15.8 Å². The SMILES string of the molecule is COc1ccc(/C=C2/SC(=S)N(CCC(=O)N[C@H](CC(N)=O)C(=O)O)C2=O)cc1. The smallest absolute Gasteiger partial charge is 0.326 e. The Labute approximate surface area is 176 Å². The van der Waals surface area contributed by atoms with Crippen LogP contribution in [0, 0.1) is 0 Å². The molecule has 11 heteroatoms. The van der Waals surface area contributed by atoms with Crippen LogP contribution >= 0.6 is 24.0 Å².